The molecule has 0 amide bonds. The first kappa shape index (κ1) is 15.1. The summed E-state index contributed by atoms with van der Waals surface area (Å²) in [7, 11) is 0. The van der Waals surface area contributed by atoms with Crippen LogP contribution in [-0.2, 0) is 6.42 Å². The standard InChI is InChI=1S/C8H11NO2.Ga.H4Si.3H/c9-4-3-6-1-2-7(10)8(11)5-6;;;;;/h1-2,5,10-11H,3-4,9H2;;1H4;;;. The predicted molar refractivity (Wildman–Crippen MR) is 63.8 cm³/mol. The van der Waals surface area contributed by atoms with Gasteiger partial charge in [-0.05, 0) is 41.6 Å². The molecule has 0 spiro atoms. The van der Waals surface area contributed by atoms with Crippen LogP contribution >= 0.6 is 0 Å². The fourth-order valence-corrected chi connectivity index (χ4v) is 0.891. The fourth-order valence-electron chi connectivity index (χ4n) is 0.891. The van der Waals surface area contributed by atoms with Gasteiger partial charge in [0.15, 0.2) is 11.5 Å². The van der Waals surface area contributed by atoms with E-state index in [1.54, 1.807) is 6.07 Å². The molecule has 0 unspecified atom stereocenters. The van der Waals surface area contributed by atoms with E-state index < -0.39 is 0 Å². The summed E-state index contributed by atoms with van der Waals surface area (Å²) in [4.78, 5) is 0. The molecule has 3 nitrogen and oxygen atoms in total. The number of benzene rings is 1. The predicted octanol–water partition coefficient (Wildman–Crippen LogP) is -2.04. The van der Waals surface area contributed by atoms with Gasteiger partial charge in [-0.25, -0.2) is 0 Å². The van der Waals surface area contributed by atoms with Crippen molar-refractivity contribution in [2.75, 3.05) is 6.54 Å². The molecule has 1 aromatic carbocycles. The van der Waals surface area contributed by atoms with Crippen molar-refractivity contribution in [3.05, 3.63) is 23.8 Å². The number of rotatable bonds is 2. The second-order valence-corrected chi connectivity index (χ2v) is 2.36. The van der Waals surface area contributed by atoms with Crippen LogP contribution in [0.2, 0.25) is 0 Å². The van der Waals surface area contributed by atoms with Crippen molar-refractivity contribution in [2.24, 2.45) is 5.73 Å². The minimum Gasteiger partial charge on any atom is -0.0149 e. The van der Waals surface area contributed by atoms with Gasteiger partial charge in [-0.2, -0.15) is 0 Å². The van der Waals surface area contributed by atoms with Crippen LogP contribution in [0.15, 0.2) is 18.2 Å². The number of phenolic OH excluding ortho intramolecular Hbond substituents is 2. The molecule has 0 aliphatic heterocycles. The van der Waals surface area contributed by atoms with Gasteiger partial charge in [0.1, 0.15) is 0 Å². The van der Waals surface area contributed by atoms with Crippen molar-refractivity contribution >= 4 is 30.8 Å². The zero-order chi connectivity index (χ0) is 8.27. The normalized spacial score (nSPS) is 8.38. The summed E-state index contributed by atoms with van der Waals surface area (Å²) in [6, 6.07) is 4.71. The zero-order valence-electron chi connectivity index (χ0n) is 6.12. The number of hydrogen-bond donors (Lipinski definition) is 3. The molecule has 1 rings (SSSR count). The van der Waals surface area contributed by atoms with E-state index in [9.17, 15) is 0 Å². The first-order chi connectivity index (χ1) is 5.24. The summed E-state index contributed by atoms with van der Waals surface area (Å²) in [5, 5.41) is 18.0. The van der Waals surface area contributed by atoms with E-state index >= 15 is 0 Å². The molecule has 0 aliphatic carbocycles. The number of phenols is 2. The molecular weight excluding hydrogens is 240 g/mol. The van der Waals surface area contributed by atoms with Gasteiger partial charge < -0.3 is 15.9 Å². The Morgan fingerprint density at radius 3 is 2.23 bits per heavy atom. The smallest absolute Gasteiger partial charge is 0.0149 e. The number of hydrogen-bond acceptors (Lipinski definition) is 3. The Morgan fingerprint density at radius 2 is 1.77 bits per heavy atom. The summed E-state index contributed by atoms with van der Waals surface area (Å²) in [6.45, 7) is 0.546. The molecule has 13 heavy (non-hydrogen) atoms. The van der Waals surface area contributed by atoms with E-state index in [0.717, 1.165) is 5.56 Å². The molecule has 74 valence electrons. The van der Waals surface area contributed by atoms with Gasteiger partial charge in [0.2, 0.25) is 0 Å². The summed E-state index contributed by atoms with van der Waals surface area (Å²) in [5.41, 5.74) is 6.24. The monoisotopic (exact) mass is 257 g/mol. The van der Waals surface area contributed by atoms with E-state index in [1.807, 2.05) is 0 Å². The van der Waals surface area contributed by atoms with Crippen molar-refractivity contribution in [1.29, 1.82) is 0 Å². The summed E-state index contributed by atoms with van der Waals surface area (Å²) in [6.07, 6.45) is 0.716. The average Bonchev–Trinajstić information content (AvgIpc) is 1.98. The Kier molecular flexibility index (Phi) is 8.23. The topological polar surface area (TPSA) is 66.5 Å². The van der Waals surface area contributed by atoms with Gasteiger partial charge in [-0.1, -0.05) is 6.07 Å². The van der Waals surface area contributed by atoms with Crippen LogP contribution in [-0.4, -0.2) is 47.5 Å². The molecule has 0 fully saturated rings. The quantitative estimate of drug-likeness (QED) is 0.423. The van der Waals surface area contributed by atoms with Crippen molar-refractivity contribution in [2.45, 2.75) is 6.42 Å². The second-order valence-electron chi connectivity index (χ2n) is 2.36. The largest absolute Gasteiger partial charge is 0.0149 e. The Balaban J connectivity index is 0. The van der Waals surface area contributed by atoms with Crippen LogP contribution in [0, 0.1) is 0 Å². The Morgan fingerprint density at radius 1 is 1.15 bits per heavy atom. The van der Waals surface area contributed by atoms with Crippen LogP contribution in [0.1, 0.15) is 5.56 Å². The molecule has 5 heteroatoms. The van der Waals surface area contributed by atoms with Crippen molar-refractivity contribution in [3.8, 4) is 11.5 Å². The third-order valence-corrected chi connectivity index (χ3v) is 1.47. The van der Waals surface area contributed by atoms with E-state index in [2.05, 4.69) is 0 Å². The first-order valence-corrected chi connectivity index (χ1v) is 3.45. The molecule has 0 bridgehead atoms. The van der Waals surface area contributed by atoms with Crippen molar-refractivity contribution in [3.63, 3.8) is 0 Å². The van der Waals surface area contributed by atoms with Crippen LogP contribution in [0.25, 0.3) is 0 Å². The van der Waals surface area contributed by atoms with E-state index in [0.29, 0.717) is 13.0 Å². The summed E-state index contributed by atoms with van der Waals surface area (Å²) in [5.74, 6) is -0.179. The minimum atomic E-state index is -0.0919. The van der Waals surface area contributed by atoms with Gasteiger partial charge in [0, 0.05) is 0 Å². The summed E-state index contributed by atoms with van der Waals surface area (Å²) < 4.78 is 0. The minimum absolute atomic E-state index is 0. The van der Waals surface area contributed by atoms with Crippen LogP contribution in [0.4, 0.5) is 0 Å². The van der Waals surface area contributed by atoms with E-state index in [-0.39, 0.29) is 42.3 Å². The van der Waals surface area contributed by atoms with Gasteiger partial charge in [0.05, 0.1) is 0 Å². The van der Waals surface area contributed by atoms with E-state index in [1.165, 1.54) is 12.1 Å². The third-order valence-electron chi connectivity index (χ3n) is 1.47. The van der Waals surface area contributed by atoms with Crippen LogP contribution in [0.3, 0.4) is 0 Å². The van der Waals surface area contributed by atoms with Gasteiger partial charge in [-0.3, -0.25) is 0 Å². The fraction of sp³-hybridized carbons (Fsp3) is 0.250. The maximum absolute atomic E-state index is 9.04. The second kappa shape index (κ2) is 7.08. The third kappa shape index (κ3) is 4.42. The Labute approximate surface area is 95.0 Å². The van der Waals surface area contributed by atoms with Gasteiger partial charge >= 0.3 is 19.8 Å². The first-order valence-electron chi connectivity index (χ1n) is 3.45. The SMILES string of the molecule is NCCc1ccc(O)c(O)c1.[GaH3].[SiH4]. The maximum atomic E-state index is 9.04. The molecule has 0 aliphatic rings. The molecular formula is C8H18GaNO2Si. The van der Waals surface area contributed by atoms with E-state index in [4.69, 9.17) is 15.9 Å². The van der Waals surface area contributed by atoms with Gasteiger partial charge in [-0.15, -0.1) is 0 Å². The average molecular weight is 258 g/mol. The van der Waals surface area contributed by atoms with Crippen molar-refractivity contribution in [1.82, 2.24) is 0 Å². The summed E-state index contributed by atoms with van der Waals surface area (Å²) >= 11 is 0. The number of aromatic hydroxyl groups is 2. The zero-order valence-corrected chi connectivity index (χ0v) is 6.12. The van der Waals surface area contributed by atoms with Crippen LogP contribution < -0.4 is 5.73 Å². The molecule has 0 radical (unpaired) electrons. The Bertz CT molecular complexity index is 258. The molecule has 0 heterocycles. The molecule has 1 aromatic rings. The molecule has 0 saturated heterocycles. The number of nitrogens with two attached hydrogens (primary N) is 1. The van der Waals surface area contributed by atoms with Crippen molar-refractivity contribution < 1.29 is 10.2 Å². The Hall–Kier alpha value is -0.367. The molecule has 0 saturated carbocycles. The molecule has 4 N–H and O–H groups in total. The maximum Gasteiger partial charge on any atom is -0.0149 e. The van der Waals surface area contributed by atoms with Gasteiger partial charge in [0.25, 0.3) is 0 Å². The van der Waals surface area contributed by atoms with Crippen LogP contribution in [0.5, 0.6) is 11.5 Å². The molecule has 0 aromatic heterocycles. The molecule has 0 atom stereocenters.